The van der Waals surface area contributed by atoms with E-state index >= 15 is 0 Å². The van der Waals surface area contributed by atoms with Gasteiger partial charge in [0.05, 0.1) is 6.10 Å². The Bertz CT molecular complexity index is 727. The Balaban J connectivity index is 1.87. The summed E-state index contributed by atoms with van der Waals surface area (Å²) in [6.45, 7) is 4.23. The van der Waals surface area contributed by atoms with Crippen molar-refractivity contribution in [3.63, 3.8) is 0 Å². The molecule has 0 bridgehead atoms. The van der Waals surface area contributed by atoms with Crippen molar-refractivity contribution < 1.29 is 5.11 Å². The van der Waals surface area contributed by atoms with E-state index in [4.69, 9.17) is 0 Å². The van der Waals surface area contributed by atoms with E-state index in [1.54, 1.807) is 11.3 Å². The molecule has 3 rings (SSSR count). The van der Waals surface area contributed by atoms with E-state index in [0.717, 1.165) is 0 Å². The van der Waals surface area contributed by atoms with E-state index in [0.29, 0.717) is 6.42 Å². The first-order valence-electron chi connectivity index (χ1n) is 7.28. The maximum absolute atomic E-state index is 10.8. The number of aliphatic hydroxyl groups excluding tert-OH is 1. The lowest BCUT2D eigenvalue weighted by Crippen LogP contribution is -2.35. The summed E-state index contributed by atoms with van der Waals surface area (Å²) in [6.07, 6.45) is 0.282. The Labute approximate surface area is 129 Å². The summed E-state index contributed by atoms with van der Waals surface area (Å²) in [5, 5.41) is 14.2. The highest BCUT2D eigenvalue weighted by Gasteiger charge is 2.30. The van der Waals surface area contributed by atoms with Crippen LogP contribution in [0.2, 0.25) is 0 Å². The quantitative estimate of drug-likeness (QED) is 0.734. The zero-order valence-electron chi connectivity index (χ0n) is 12.4. The molecule has 0 saturated carbocycles. The monoisotopic (exact) mass is 296 g/mol. The smallest absolute Gasteiger partial charge is 0.0672 e. The predicted molar refractivity (Wildman–Crippen MR) is 91.0 cm³/mol. The van der Waals surface area contributed by atoms with Crippen molar-refractivity contribution in [3.05, 3.63) is 71.1 Å². The summed E-state index contributed by atoms with van der Waals surface area (Å²) in [4.78, 5) is 0. The van der Waals surface area contributed by atoms with Crippen LogP contribution in [-0.2, 0) is 11.8 Å². The number of rotatable bonds is 4. The first-order valence-corrected chi connectivity index (χ1v) is 8.15. The van der Waals surface area contributed by atoms with Gasteiger partial charge in [-0.3, -0.25) is 0 Å². The van der Waals surface area contributed by atoms with E-state index in [2.05, 4.69) is 55.6 Å². The molecule has 21 heavy (non-hydrogen) atoms. The molecular formula is C19H20OS. The first kappa shape index (κ1) is 14.3. The van der Waals surface area contributed by atoms with Gasteiger partial charge in [0, 0.05) is 16.5 Å². The standard InChI is InChI=1S/C19H20OS/c1-19(2,15-8-4-3-5-9-15)18(20)12-14-13-21-17-11-7-6-10-16(14)17/h3-11,13,18,20H,12H2,1-2H3. The molecule has 1 nitrogen and oxygen atoms in total. The zero-order valence-corrected chi connectivity index (χ0v) is 13.2. The molecule has 2 heteroatoms. The summed E-state index contributed by atoms with van der Waals surface area (Å²) in [5.74, 6) is 0. The number of hydrogen-bond acceptors (Lipinski definition) is 2. The van der Waals surface area contributed by atoms with E-state index < -0.39 is 6.10 Å². The van der Waals surface area contributed by atoms with Gasteiger partial charge in [-0.2, -0.15) is 0 Å². The minimum Gasteiger partial charge on any atom is -0.392 e. The second kappa shape index (κ2) is 5.63. The molecule has 0 spiro atoms. The van der Waals surface area contributed by atoms with Gasteiger partial charge in [-0.05, 0) is 28.0 Å². The van der Waals surface area contributed by atoms with Crippen LogP contribution in [0.15, 0.2) is 60.0 Å². The summed E-state index contributed by atoms with van der Waals surface area (Å²) < 4.78 is 1.29. The molecule has 1 unspecified atom stereocenters. The molecule has 1 heterocycles. The molecule has 3 aromatic rings. The Morgan fingerprint density at radius 1 is 1.00 bits per heavy atom. The topological polar surface area (TPSA) is 20.2 Å². The third-order valence-electron chi connectivity index (χ3n) is 4.33. The third-order valence-corrected chi connectivity index (χ3v) is 5.34. The highest BCUT2D eigenvalue weighted by atomic mass is 32.1. The van der Waals surface area contributed by atoms with Crippen LogP contribution in [0.3, 0.4) is 0 Å². The van der Waals surface area contributed by atoms with Gasteiger partial charge < -0.3 is 5.11 Å². The van der Waals surface area contributed by atoms with Gasteiger partial charge in [-0.15, -0.1) is 11.3 Å². The fourth-order valence-electron chi connectivity index (χ4n) is 2.71. The minimum atomic E-state index is -0.405. The molecule has 0 radical (unpaired) electrons. The van der Waals surface area contributed by atoms with Crippen LogP contribution in [0.4, 0.5) is 0 Å². The number of benzene rings is 2. The van der Waals surface area contributed by atoms with Crippen molar-refractivity contribution in [1.29, 1.82) is 0 Å². The van der Waals surface area contributed by atoms with Crippen LogP contribution >= 0.6 is 11.3 Å². The highest BCUT2D eigenvalue weighted by molar-refractivity contribution is 7.17. The van der Waals surface area contributed by atoms with Gasteiger partial charge in [0.15, 0.2) is 0 Å². The largest absolute Gasteiger partial charge is 0.392 e. The van der Waals surface area contributed by atoms with Crippen LogP contribution in [-0.4, -0.2) is 11.2 Å². The molecular weight excluding hydrogens is 276 g/mol. The van der Waals surface area contributed by atoms with Crippen molar-refractivity contribution in [1.82, 2.24) is 0 Å². The minimum absolute atomic E-state index is 0.260. The van der Waals surface area contributed by atoms with Crippen molar-refractivity contribution >= 4 is 21.4 Å². The van der Waals surface area contributed by atoms with Crippen molar-refractivity contribution in [3.8, 4) is 0 Å². The van der Waals surface area contributed by atoms with Crippen molar-refractivity contribution in [2.24, 2.45) is 0 Å². The van der Waals surface area contributed by atoms with Crippen LogP contribution in [0.25, 0.3) is 10.1 Å². The number of thiophene rings is 1. The van der Waals surface area contributed by atoms with Gasteiger partial charge >= 0.3 is 0 Å². The van der Waals surface area contributed by atoms with Gasteiger partial charge in [0.1, 0.15) is 0 Å². The molecule has 0 fully saturated rings. The van der Waals surface area contributed by atoms with Gasteiger partial charge in [-0.25, -0.2) is 0 Å². The lowest BCUT2D eigenvalue weighted by molar-refractivity contribution is 0.100. The Hall–Kier alpha value is -1.64. The number of aliphatic hydroxyl groups is 1. The average molecular weight is 296 g/mol. The third kappa shape index (κ3) is 2.74. The van der Waals surface area contributed by atoms with Crippen LogP contribution in [0.1, 0.15) is 25.0 Å². The van der Waals surface area contributed by atoms with Gasteiger partial charge in [0.2, 0.25) is 0 Å². The number of fused-ring (bicyclic) bond motifs is 1. The predicted octanol–water partition coefficient (Wildman–Crippen LogP) is 4.78. The second-order valence-corrected chi connectivity index (χ2v) is 6.98. The second-order valence-electron chi connectivity index (χ2n) is 6.06. The molecule has 108 valence electrons. The van der Waals surface area contributed by atoms with E-state index in [1.807, 2.05) is 18.2 Å². The highest BCUT2D eigenvalue weighted by Crippen LogP contribution is 2.32. The Morgan fingerprint density at radius 3 is 2.43 bits per heavy atom. The molecule has 2 aromatic carbocycles. The number of hydrogen-bond donors (Lipinski definition) is 1. The average Bonchev–Trinajstić information content (AvgIpc) is 2.91. The molecule has 1 N–H and O–H groups in total. The van der Waals surface area contributed by atoms with Crippen LogP contribution in [0, 0.1) is 0 Å². The SMILES string of the molecule is CC(C)(c1ccccc1)C(O)Cc1csc2ccccc12. The van der Waals surface area contributed by atoms with Crippen molar-refractivity contribution in [2.75, 3.05) is 0 Å². The van der Waals surface area contributed by atoms with E-state index in [1.165, 1.54) is 21.2 Å². The zero-order chi connectivity index (χ0) is 14.9. The summed E-state index contributed by atoms with van der Waals surface area (Å²) >= 11 is 1.75. The van der Waals surface area contributed by atoms with E-state index in [9.17, 15) is 5.11 Å². The Morgan fingerprint density at radius 2 is 1.67 bits per heavy atom. The molecule has 1 atom stereocenters. The summed E-state index contributed by atoms with van der Waals surface area (Å²) in [5.41, 5.74) is 2.16. The normalized spacial score (nSPS) is 13.5. The maximum atomic E-state index is 10.8. The Kier molecular flexibility index (Phi) is 3.83. The molecule has 0 aliphatic carbocycles. The van der Waals surface area contributed by atoms with E-state index in [-0.39, 0.29) is 5.41 Å². The maximum Gasteiger partial charge on any atom is 0.0672 e. The van der Waals surface area contributed by atoms with Crippen LogP contribution in [0.5, 0.6) is 0 Å². The molecule has 0 aliphatic heterocycles. The summed E-state index contributed by atoms with van der Waals surface area (Å²) in [7, 11) is 0. The lowest BCUT2D eigenvalue weighted by Gasteiger charge is -2.31. The molecule has 0 aliphatic rings. The van der Waals surface area contributed by atoms with Crippen molar-refractivity contribution in [2.45, 2.75) is 31.8 Å². The molecule has 0 amide bonds. The molecule has 0 saturated heterocycles. The summed E-state index contributed by atoms with van der Waals surface area (Å²) in [6, 6.07) is 18.7. The molecule has 1 aromatic heterocycles. The van der Waals surface area contributed by atoms with Crippen LogP contribution < -0.4 is 0 Å². The first-order chi connectivity index (χ1) is 10.1. The fourth-order valence-corrected chi connectivity index (χ4v) is 3.69. The fraction of sp³-hybridized carbons (Fsp3) is 0.263. The van der Waals surface area contributed by atoms with Gasteiger partial charge in [0.25, 0.3) is 0 Å². The lowest BCUT2D eigenvalue weighted by atomic mass is 9.77. The van der Waals surface area contributed by atoms with Gasteiger partial charge in [-0.1, -0.05) is 62.4 Å².